The molecule has 1 aromatic heterocycles. The molecule has 1 heterocycles. The number of fused-ring (bicyclic) bond motifs is 1. The predicted molar refractivity (Wildman–Crippen MR) is 168 cm³/mol. The van der Waals surface area contributed by atoms with Gasteiger partial charge in [-0.15, -0.1) is 0 Å². The van der Waals surface area contributed by atoms with E-state index in [4.69, 9.17) is 18.9 Å². The van der Waals surface area contributed by atoms with Crippen LogP contribution in [0.15, 0.2) is 85.1 Å². The molecule has 0 saturated heterocycles. The van der Waals surface area contributed by atoms with E-state index >= 15 is 0 Å². The van der Waals surface area contributed by atoms with Crippen LogP contribution < -0.4 is 9.47 Å². The van der Waals surface area contributed by atoms with Crippen LogP contribution in [0.4, 0.5) is 0 Å². The summed E-state index contributed by atoms with van der Waals surface area (Å²) in [7, 11) is 1.43. The zero-order chi connectivity index (χ0) is 31.6. The summed E-state index contributed by atoms with van der Waals surface area (Å²) in [5.74, 6) is -2.24. The number of ether oxygens (including phenoxy) is 4. The van der Waals surface area contributed by atoms with E-state index in [9.17, 15) is 14.4 Å². The van der Waals surface area contributed by atoms with Crippen LogP contribution >= 0.6 is 0 Å². The first-order valence-electron chi connectivity index (χ1n) is 14.8. The maximum absolute atomic E-state index is 13.3. The van der Waals surface area contributed by atoms with E-state index in [1.54, 1.807) is 20.8 Å². The van der Waals surface area contributed by atoms with Gasteiger partial charge in [-0.1, -0.05) is 93.6 Å². The molecular formula is C36H39NO7. The molecule has 0 unspecified atom stereocenters. The van der Waals surface area contributed by atoms with E-state index in [0.717, 1.165) is 16.5 Å². The van der Waals surface area contributed by atoms with E-state index in [-0.39, 0.29) is 35.4 Å². The Bertz CT molecular complexity index is 1580. The number of methoxy groups -OCH3 is 1. The molecule has 0 saturated carbocycles. The molecule has 0 fully saturated rings. The van der Waals surface area contributed by atoms with Crippen LogP contribution in [0.5, 0.6) is 11.5 Å². The molecule has 44 heavy (non-hydrogen) atoms. The Morgan fingerprint density at radius 2 is 1.52 bits per heavy atom. The molecule has 3 atom stereocenters. The van der Waals surface area contributed by atoms with Gasteiger partial charge in [-0.3, -0.25) is 14.4 Å². The normalized spacial score (nSPS) is 13.1. The highest BCUT2D eigenvalue weighted by Crippen LogP contribution is 2.32. The number of nitrogens with zero attached hydrogens (tertiary/aromatic N) is 1. The lowest BCUT2D eigenvalue weighted by Gasteiger charge is -2.26. The number of pyridine rings is 1. The van der Waals surface area contributed by atoms with Crippen molar-refractivity contribution in [1.29, 1.82) is 0 Å². The Balaban J connectivity index is 1.45. The summed E-state index contributed by atoms with van der Waals surface area (Å²) >= 11 is 0. The highest BCUT2D eigenvalue weighted by Gasteiger charge is 2.29. The van der Waals surface area contributed by atoms with Crippen LogP contribution in [0.25, 0.3) is 10.8 Å². The van der Waals surface area contributed by atoms with E-state index in [1.807, 2.05) is 49.4 Å². The molecule has 3 aromatic carbocycles. The second-order valence-electron chi connectivity index (χ2n) is 11.1. The lowest BCUT2D eigenvalue weighted by atomic mass is 9.87. The van der Waals surface area contributed by atoms with Gasteiger partial charge in [-0.05, 0) is 35.2 Å². The Morgan fingerprint density at radius 1 is 0.818 bits per heavy atom. The smallest absolute Gasteiger partial charge is 0.311 e. The third-order valence-corrected chi connectivity index (χ3v) is 7.49. The quantitative estimate of drug-likeness (QED) is 0.0875. The first-order chi connectivity index (χ1) is 21.2. The molecule has 4 rings (SSSR count). The molecule has 8 nitrogen and oxygen atoms in total. The summed E-state index contributed by atoms with van der Waals surface area (Å²) in [6.45, 7) is 6.54. The molecule has 4 aromatic rings. The molecule has 0 aliphatic heterocycles. The van der Waals surface area contributed by atoms with Gasteiger partial charge >= 0.3 is 11.9 Å². The van der Waals surface area contributed by atoms with Crippen LogP contribution in [-0.4, -0.2) is 42.7 Å². The monoisotopic (exact) mass is 597 g/mol. The molecule has 230 valence electrons. The van der Waals surface area contributed by atoms with Crippen molar-refractivity contribution >= 4 is 28.5 Å². The van der Waals surface area contributed by atoms with E-state index < -0.39 is 36.5 Å². The summed E-state index contributed by atoms with van der Waals surface area (Å²) < 4.78 is 22.0. The highest BCUT2D eigenvalue weighted by atomic mass is 16.7. The maximum Gasteiger partial charge on any atom is 0.311 e. The van der Waals surface area contributed by atoms with Gasteiger partial charge < -0.3 is 18.9 Å². The molecular weight excluding hydrogens is 558 g/mol. The van der Waals surface area contributed by atoms with Crippen molar-refractivity contribution in [2.45, 2.75) is 52.6 Å². The number of hydrogen-bond donors (Lipinski definition) is 0. The van der Waals surface area contributed by atoms with Gasteiger partial charge in [0.1, 0.15) is 6.10 Å². The van der Waals surface area contributed by atoms with Gasteiger partial charge in [-0.25, -0.2) is 4.98 Å². The molecule has 8 heteroatoms. The van der Waals surface area contributed by atoms with Crippen LogP contribution in [0.3, 0.4) is 0 Å². The van der Waals surface area contributed by atoms with E-state index in [0.29, 0.717) is 6.42 Å². The number of esters is 2. The average molecular weight is 598 g/mol. The van der Waals surface area contributed by atoms with E-state index in [2.05, 4.69) is 35.3 Å². The van der Waals surface area contributed by atoms with Crippen molar-refractivity contribution in [2.24, 2.45) is 11.8 Å². The molecule has 0 aliphatic carbocycles. The minimum atomic E-state index is -0.748. The topological polar surface area (TPSA) is 101 Å². The number of carbonyl (C=O) groups is 3. The molecule has 0 N–H and O–H groups in total. The largest absolute Gasteiger partial charge is 0.493 e. The van der Waals surface area contributed by atoms with Crippen LogP contribution in [0.2, 0.25) is 0 Å². The Kier molecular flexibility index (Phi) is 11.1. The van der Waals surface area contributed by atoms with Gasteiger partial charge in [-0.2, -0.15) is 0 Å². The van der Waals surface area contributed by atoms with Gasteiger partial charge in [0.2, 0.25) is 6.79 Å². The first-order valence-corrected chi connectivity index (χ1v) is 14.8. The summed E-state index contributed by atoms with van der Waals surface area (Å²) in [6, 6.07) is 26.1. The Labute approximate surface area is 258 Å². The number of ketones is 1. The fourth-order valence-corrected chi connectivity index (χ4v) is 4.96. The third kappa shape index (κ3) is 8.22. The van der Waals surface area contributed by atoms with Gasteiger partial charge in [0.05, 0.1) is 18.9 Å². The van der Waals surface area contributed by atoms with Crippen molar-refractivity contribution in [2.75, 3.05) is 13.9 Å². The Morgan fingerprint density at radius 3 is 2.23 bits per heavy atom. The van der Waals surface area contributed by atoms with Crippen molar-refractivity contribution in [3.8, 4) is 11.5 Å². The summed E-state index contributed by atoms with van der Waals surface area (Å²) in [5.41, 5.74) is 2.18. The van der Waals surface area contributed by atoms with Crippen molar-refractivity contribution in [1.82, 2.24) is 4.98 Å². The second-order valence-corrected chi connectivity index (χ2v) is 11.1. The number of rotatable bonds is 14. The van der Waals surface area contributed by atoms with Crippen LogP contribution in [0, 0.1) is 11.8 Å². The minimum Gasteiger partial charge on any atom is -0.493 e. The lowest BCUT2D eigenvalue weighted by Crippen LogP contribution is -2.28. The fourth-order valence-electron chi connectivity index (χ4n) is 4.96. The second kappa shape index (κ2) is 15.1. The maximum atomic E-state index is 13.3. The summed E-state index contributed by atoms with van der Waals surface area (Å²) in [6.07, 6.45) is 1.47. The van der Waals surface area contributed by atoms with Crippen molar-refractivity contribution < 1.29 is 33.3 Å². The molecule has 0 bridgehead atoms. The number of carbonyl (C=O) groups excluding carboxylic acids is 3. The summed E-state index contributed by atoms with van der Waals surface area (Å²) in [5, 5.41) is 2.32. The number of aromatic nitrogens is 1. The van der Waals surface area contributed by atoms with Crippen LogP contribution in [-0.2, 0) is 25.5 Å². The zero-order valence-electron chi connectivity index (χ0n) is 25.8. The fraction of sp³-hybridized carbons (Fsp3) is 0.333. The number of benzene rings is 3. The van der Waals surface area contributed by atoms with Crippen molar-refractivity contribution in [3.63, 3.8) is 0 Å². The van der Waals surface area contributed by atoms with Gasteiger partial charge in [0.25, 0.3) is 0 Å². The standard InChI is InChI=1S/C36H39NO7/c1-23(2)35(39)43-22-42-34-32(41-5)17-18-37-33(34)31(38)19-24(3)36(40)44-25(4)30(28-12-7-6-8-13-28)21-26-15-16-27-11-9-10-14-29(27)20-26/h6-18,20,23-25,30H,19,21-22H2,1-5H3/t24-,25+,30+/m1/s1. The number of Topliss-reactive ketones (excluding diaryl/α,β-unsaturated/α-hetero) is 1. The predicted octanol–water partition coefficient (Wildman–Crippen LogP) is 6.95. The zero-order valence-corrected chi connectivity index (χ0v) is 25.8. The average Bonchev–Trinajstić information content (AvgIpc) is 3.03. The van der Waals surface area contributed by atoms with Gasteiger partial charge in [0.15, 0.2) is 23.0 Å². The Hall–Kier alpha value is -4.72. The summed E-state index contributed by atoms with van der Waals surface area (Å²) in [4.78, 5) is 42.6. The molecule has 0 radical (unpaired) electrons. The molecule has 0 spiro atoms. The van der Waals surface area contributed by atoms with Crippen molar-refractivity contribution in [3.05, 3.63) is 102 Å². The molecule has 0 aliphatic rings. The molecule has 0 amide bonds. The van der Waals surface area contributed by atoms with E-state index in [1.165, 1.54) is 24.8 Å². The highest BCUT2D eigenvalue weighted by molar-refractivity contribution is 5.99. The minimum absolute atomic E-state index is 0.0175. The SMILES string of the molecule is COc1ccnc(C(=O)C[C@@H](C)C(=O)O[C@@H](C)[C@H](Cc2ccc3ccccc3c2)c2ccccc2)c1OCOC(=O)C(C)C. The first kappa shape index (κ1) is 32.2. The number of hydrogen-bond acceptors (Lipinski definition) is 8. The van der Waals surface area contributed by atoms with Crippen LogP contribution in [0.1, 0.15) is 61.6 Å². The third-order valence-electron chi connectivity index (χ3n) is 7.49. The van der Waals surface area contributed by atoms with Gasteiger partial charge in [0, 0.05) is 24.6 Å². The lowest BCUT2D eigenvalue weighted by molar-refractivity contribution is -0.154.